The lowest BCUT2D eigenvalue weighted by Gasteiger charge is -2.34. The SMILES string of the molecule is Cc1sc2nc(CCC(=O)N3CCN(S(=O)(=O)c4ccc(Cl)cc4)CC3)[nH]c(=O)c2c1C. The maximum absolute atomic E-state index is 12.8. The monoisotopic (exact) mass is 494 g/mol. The molecule has 3 aromatic rings. The number of nitrogens with zero attached hydrogens (tertiary/aromatic N) is 3. The van der Waals surface area contributed by atoms with Gasteiger partial charge < -0.3 is 9.88 Å². The van der Waals surface area contributed by atoms with Crippen LogP contribution in [0.2, 0.25) is 5.02 Å². The third-order valence-corrected chi connectivity index (χ3v) is 8.97. The van der Waals surface area contributed by atoms with Crippen LogP contribution in [0.5, 0.6) is 0 Å². The minimum Gasteiger partial charge on any atom is -0.340 e. The molecule has 3 heterocycles. The first-order chi connectivity index (χ1) is 15.2. The molecule has 0 atom stereocenters. The third-order valence-electron chi connectivity index (χ3n) is 5.71. The molecule has 1 N–H and O–H groups in total. The van der Waals surface area contributed by atoms with Crippen molar-refractivity contribution < 1.29 is 13.2 Å². The van der Waals surface area contributed by atoms with Crippen molar-refractivity contribution in [3.05, 3.63) is 55.9 Å². The Balaban J connectivity index is 1.36. The van der Waals surface area contributed by atoms with Crippen molar-refractivity contribution in [1.82, 2.24) is 19.2 Å². The smallest absolute Gasteiger partial charge is 0.259 e. The number of carbonyl (C=O) groups excluding carboxylic acids is 1. The molecule has 0 radical (unpaired) electrons. The van der Waals surface area contributed by atoms with Gasteiger partial charge in [0, 0.05) is 48.9 Å². The number of fused-ring (bicyclic) bond motifs is 1. The Hall–Kier alpha value is -2.27. The number of benzene rings is 1. The van der Waals surface area contributed by atoms with E-state index in [1.807, 2.05) is 13.8 Å². The Morgan fingerprint density at radius 2 is 1.81 bits per heavy atom. The molecular weight excluding hydrogens is 472 g/mol. The topological polar surface area (TPSA) is 103 Å². The van der Waals surface area contributed by atoms with E-state index in [1.54, 1.807) is 17.0 Å². The first kappa shape index (κ1) is 22.9. The standard InChI is InChI=1S/C21H23ClN4O4S2/c1-13-14(2)31-21-19(13)20(28)23-17(24-21)7-8-18(27)25-9-11-26(12-10-25)32(29,30)16-5-3-15(22)4-6-16/h3-6H,7-12H2,1-2H3,(H,23,24,28). The fourth-order valence-corrected chi connectivity index (χ4v) is 6.33. The van der Waals surface area contributed by atoms with Crippen LogP contribution in [0, 0.1) is 13.8 Å². The van der Waals surface area contributed by atoms with E-state index in [9.17, 15) is 18.0 Å². The lowest BCUT2D eigenvalue weighted by Crippen LogP contribution is -2.50. The summed E-state index contributed by atoms with van der Waals surface area (Å²) in [6.07, 6.45) is 0.519. The van der Waals surface area contributed by atoms with Crippen molar-refractivity contribution in [3.8, 4) is 0 Å². The molecule has 11 heteroatoms. The molecule has 0 spiro atoms. The Morgan fingerprint density at radius 3 is 2.47 bits per heavy atom. The summed E-state index contributed by atoms with van der Waals surface area (Å²) in [7, 11) is -3.62. The molecule has 0 saturated carbocycles. The molecule has 2 aromatic heterocycles. The van der Waals surface area contributed by atoms with Gasteiger partial charge in [0.05, 0.1) is 10.3 Å². The maximum atomic E-state index is 12.8. The van der Waals surface area contributed by atoms with Crippen LogP contribution in [0.1, 0.15) is 22.7 Å². The average Bonchev–Trinajstić information content (AvgIpc) is 3.06. The third kappa shape index (κ3) is 4.45. The van der Waals surface area contributed by atoms with E-state index in [0.717, 1.165) is 10.4 Å². The van der Waals surface area contributed by atoms with E-state index in [2.05, 4.69) is 9.97 Å². The molecule has 1 aliphatic rings. The van der Waals surface area contributed by atoms with E-state index in [1.165, 1.54) is 27.8 Å². The van der Waals surface area contributed by atoms with Gasteiger partial charge in [0.25, 0.3) is 5.56 Å². The van der Waals surface area contributed by atoms with Crippen LogP contribution in [0.3, 0.4) is 0 Å². The number of hydrogen-bond acceptors (Lipinski definition) is 6. The summed E-state index contributed by atoms with van der Waals surface area (Å²) in [4.78, 5) is 35.9. The highest BCUT2D eigenvalue weighted by Crippen LogP contribution is 2.26. The van der Waals surface area contributed by atoms with Gasteiger partial charge >= 0.3 is 0 Å². The summed E-state index contributed by atoms with van der Waals surface area (Å²) in [5.41, 5.74) is 0.758. The van der Waals surface area contributed by atoms with Crippen molar-refractivity contribution in [1.29, 1.82) is 0 Å². The summed E-state index contributed by atoms with van der Waals surface area (Å²) >= 11 is 7.32. The predicted molar refractivity (Wildman–Crippen MR) is 125 cm³/mol. The van der Waals surface area contributed by atoms with Crippen LogP contribution in [-0.4, -0.2) is 59.7 Å². The van der Waals surface area contributed by atoms with Gasteiger partial charge in [-0.3, -0.25) is 9.59 Å². The molecular formula is C21H23ClN4O4S2. The van der Waals surface area contributed by atoms with Gasteiger partial charge in [-0.05, 0) is 43.7 Å². The largest absolute Gasteiger partial charge is 0.340 e. The number of thiophene rings is 1. The van der Waals surface area contributed by atoms with Crippen molar-refractivity contribution in [2.75, 3.05) is 26.2 Å². The Kier molecular flexibility index (Phi) is 6.39. The van der Waals surface area contributed by atoms with Gasteiger partial charge in [0.15, 0.2) is 0 Å². The fourth-order valence-electron chi connectivity index (χ4n) is 3.73. The number of amides is 1. The number of hydrogen-bond donors (Lipinski definition) is 1. The number of aryl methyl sites for hydroxylation is 3. The minimum atomic E-state index is -3.62. The molecule has 1 aromatic carbocycles. The van der Waals surface area contributed by atoms with E-state index < -0.39 is 10.0 Å². The normalized spacial score (nSPS) is 15.4. The summed E-state index contributed by atoms with van der Waals surface area (Å²) in [6.45, 7) is 4.95. The predicted octanol–water partition coefficient (Wildman–Crippen LogP) is 2.72. The molecule has 170 valence electrons. The molecule has 0 aliphatic carbocycles. The number of piperazine rings is 1. The van der Waals surface area contributed by atoms with E-state index >= 15 is 0 Å². The number of carbonyl (C=O) groups is 1. The molecule has 8 nitrogen and oxygen atoms in total. The Bertz CT molecular complexity index is 1320. The van der Waals surface area contributed by atoms with Gasteiger partial charge in [-0.2, -0.15) is 4.31 Å². The zero-order chi connectivity index (χ0) is 23.0. The zero-order valence-electron chi connectivity index (χ0n) is 17.7. The summed E-state index contributed by atoms with van der Waals surface area (Å²) < 4.78 is 27.0. The highest BCUT2D eigenvalue weighted by molar-refractivity contribution is 7.89. The molecule has 0 bridgehead atoms. The van der Waals surface area contributed by atoms with Gasteiger partial charge in [-0.1, -0.05) is 11.6 Å². The first-order valence-electron chi connectivity index (χ1n) is 10.2. The van der Waals surface area contributed by atoms with Crippen LogP contribution in [0.15, 0.2) is 34.0 Å². The van der Waals surface area contributed by atoms with E-state index in [4.69, 9.17) is 11.6 Å². The quantitative estimate of drug-likeness (QED) is 0.587. The highest BCUT2D eigenvalue weighted by Gasteiger charge is 2.30. The van der Waals surface area contributed by atoms with Gasteiger partial charge in [-0.15, -0.1) is 11.3 Å². The zero-order valence-corrected chi connectivity index (χ0v) is 20.1. The van der Waals surface area contributed by atoms with Crippen molar-refractivity contribution in [2.45, 2.75) is 31.6 Å². The highest BCUT2D eigenvalue weighted by atomic mass is 35.5. The Morgan fingerprint density at radius 1 is 1.16 bits per heavy atom. The van der Waals surface area contributed by atoms with Crippen molar-refractivity contribution in [3.63, 3.8) is 0 Å². The van der Waals surface area contributed by atoms with E-state index in [-0.39, 0.29) is 35.9 Å². The first-order valence-corrected chi connectivity index (χ1v) is 12.8. The molecule has 1 aliphatic heterocycles. The number of rotatable bonds is 5. The van der Waals surface area contributed by atoms with Crippen LogP contribution >= 0.6 is 22.9 Å². The molecule has 4 rings (SSSR count). The minimum absolute atomic E-state index is 0.0881. The van der Waals surface area contributed by atoms with Gasteiger partial charge in [-0.25, -0.2) is 13.4 Å². The maximum Gasteiger partial charge on any atom is 0.259 e. The van der Waals surface area contributed by atoms with Gasteiger partial charge in [0.2, 0.25) is 15.9 Å². The van der Waals surface area contributed by atoms with Crippen LogP contribution in [-0.2, 0) is 21.2 Å². The number of nitrogens with one attached hydrogen (secondary N) is 1. The lowest BCUT2D eigenvalue weighted by atomic mass is 10.2. The number of aromatic nitrogens is 2. The summed E-state index contributed by atoms with van der Waals surface area (Å²) in [6, 6.07) is 6.05. The number of aromatic amines is 1. The number of sulfonamides is 1. The molecule has 1 amide bonds. The number of halogens is 1. The van der Waals surface area contributed by atoms with Crippen LogP contribution in [0.4, 0.5) is 0 Å². The second-order valence-corrected chi connectivity index (χ2v) is 11.3. The lowest BCUT2D eigenvalue weighted by molar-refractivity contribution is -0.132. The summed E-state index contributed by atoms with van der Waals surface area (Å²) in [5, 5.41) is 1.08. The van der Waals surface area contributed by atoms with Gasteiger partial charge in [0.1, 0.15) is 10.7 Å². The fraction of sp³-hybridized carbons (Fsp3) is 0.381. The van der Waals surface area contributed by atoms with Crippen molar-refractivity contribution >= 4 is 49.1 Å². The average molecular weight is 495 g/mol. The van der Waals surface area contributed by atoms with E-state index in [0.29, 0.717) is 40.6 Å². The van der Waals surface area contributed by atoms with Crippen LogP contribution in [0.25, 0.3) is 10.2 Å². The number of H-pyrrole nitrogens is 1. The molecule has 1 fully saturated rings. The second kappa shape index (κ2) is 8.93. The second-order valence-electron chi connectivity index (χ2n) is 7.71. The van der Waals surface area contributed by atoms with Crippen LogP contribution < -0.4 is 5.56 Å². The summed E-state index contributed by atoms with van der Waals surface area (Å²) in [5.74, 6) is 0.399. The molecule has 1 saturated heterocycles. The molecule has 32 heavy (non-hydrogen) atoms. The molecule has 0 unspecified atom stereocenters. The Labute approximate surface area is 194 Å². The van der Waals surface area contributed by atoms with Crippen molar-refractivity contribution in [2.24, 2.45) is 0 Å².